The molecule has 1 saturated heterocycles. The molecule has 0 aromatic carbocycles. The Morgan fingerprint density at radius 1 is 1.32 bits per heavy atom. The van der Waals surface area contributed by atoms with E-state index in [-0.39, 0.29) is 5.54 Å². The van der Waals surface area contributed by atoms with Gasteiger partial charge < -0.3 is 15.4 Å². The number of rotatable bonds is 7. The van der Waals surface area contributed by atoms with Gasteiger partial charge in [0.05, 0.1) is 6.61 Å². The van der Waals surface area contributed by atoms with Crippen LogP contribution in [-0.4, -0.2) is 67.8 Å². The number of methoxy groups -OCH3 is 1. The summed E-state index contributed by atoms with van der Waals surface area (Å²) in [5.74, 6) is 0. The number of nitrogens with zero attached hydrogens (tertiary/aromatic N) is 2. The van der Waals surface area contributed by atoms with E-state index in [1.165, 1.54) is 32.4 Å². The summed E-state index contributed by atoms with van der Waals surface area (Å²) in [6, 6.07) is 0.437. The minimum absolute atomic E-state index is 0.163. The maximum absolute atomic E-state index is 6.20. The molecule has 1 aliphatic heterocycles. The van der Waals surface area contributed by atoms with Crippen LogP contribution in [0.2, 0.25) is 0 Å². The van der Waals surface area contributed by atoms with Crippen LogP contribution in [0.4, 0.5) is 0 Å². The van der Waals surface area contributed by atoms with Crippen molar-refractivity contribution in [3.63, 3.8) is 0 Å². The maximum atomic E-state index is 6.20. The summed E-state index contributed by atoms with van der Waals surface area (Å²) in [6.07, 6.45) is 3.64. The first-order chi connectivity index (χ1) is 9.13. The molecule has 4 nitrogen and oxygen atoms in total. The van der Waals surface area contributed by atoms with Gasteiger partial charge in [-0.2, -0.15) is 0 Å². The summed E-state index contributed by atoms with van der Waals surface area (Å²) < 4.78 is 5.35. The molecule has 1 fully saturated rings. The lowest BCUT2D eigenvalue weighted by atomic mass is 9.87. The van der Waals surface area contributed by atoms with Gasteiger partial charge in [0.1, 0.15) is 0 Å². The summed E-state index contributed by atoms with van der Waals surface area (Å²) in [6.45, 7) is 12.9. The van der Waals surface area contributed by atoms with Gasteiger partial charge in [0.15, 0.2) is 0 Å². The van der Waals surface area contributed by atoms with Crippen molar-refractivity contribution in [3.8, 4) is 0 Å². The Balaban J connectivity index is 2.81. The quantitative estimate of drug-likeness (QED) is 0.763. The van der Waals surface area contributed by atoms with Crippen LogP contribution < -0.4 is 5.73 Å². The molecule has 2 atom stereocenters. The first kappa shape index (κ1) is 16.9. The van der Waals surface area contributed by atoms with Crippen molar-refractivity contribution in [2.24, 2.45) is 5.73 Å². The lowest BCUT2D eigenvalue weighted by Crippen LogP contribution is -2.58. The van der Waals surface area contributed by atoms with Crippen LogP contribution in [0.3, 0.4) is 0 Å². The minimum Gasteiger partial charge on any atom is -0.383 e. The van der Waals surface area contributed by atoms with Crippen molar-refractivity contribution in [2.45, 2.75) is 51.6 Å². The third kappa shape index (κ3) is 4.15. The summed E-state index contributed by atoms with van der Waals surface area (Å²) in [4.78, 5) is 5.13. The minimum atomic E-state index is 0.163. The lowest BCUT2D eigenvalue weighted by molar-refractivity contribution is 0.0115. The Hall–Kier alpha value is -0.160. The molecule has 0 bridgehead atoms. The van der Waals surface area contributed by atoms with E-state index in [2.05, 4.69) is 30.6 Å². The largest absolute Gasteiger partial charge is 0.383 e. The summed E-state index contributed by atoms with van der Waals surface area (Å²) in [5, 5.41) is 0. The Bertz CT molecular complexity index is 250. The maximum Gasteiger partial charge on any atom is 0.0615 e. The topological polar surface area (TPSA) is 41.7 Å². The van der Waals surface area contributed by atoms with Crippen LogP contribution in [0.5, 0.6) is 0 Å². The van der Waals surface area contributed by atoms with E-state index >= 15 is 0 Å². The molecule has 2 unspecified atom stereocenters. The second-order valence-corrected chi connectivity index (χ2v) is 5.81. The zero-order valence-electron chi connectivity index (χ0n) is 13.3. The highest BCUT2D eigenvalue weighted by atomic mass is 16.5. The van der Waals surface area contributed by atoms with Gasteiger partial charge in [0, 0.05) is 25.2 Å². The van der Waals surface area contributed by atoms with Gasteiger partial charge >= 0.3 is 0 Å². The number of likely N-dealkylation sites (tertiary alicyclic amines) is 1. The molecule has 0 aromatic heterocycles. The first-order valence-electron chi connectivity index (χ1n) is 7.81. The number of hydrogen-bond acceptors (Lipinski definition) is 4. The summed E-state index contributed by atoms with van der Waals surface area (Å²) in [5.41, 5.74) is 6.37. The van der Waals surface area contributed by atoms with Crippen molar-refractivity contribution in [2.75, 3.05) is 46.4 Å². The Kier molecular flexibility index (Phi) is 7.29. The first-order valence-corrected chi connectivity index (χ1v) is 7.81. The summed E-state index contributed by atoms with van der Waals surface area (Å²) >= 11 is 0. The Labute approximate surface area is 119 Å². The van der Waals surface area contributed by atoms with Gasteiger partial charge in [-0.25, -0.2) is 0 Å². The van der Waals surface area contributed by atoms with E-state index in [1.807, 2.05) is 0 Å². The van der Waals surface area contributed by atoms with Gasteiger partial charge in [-0.3, -0.25) is 4.90 Å². The van der Waals surface area contributed by atoms with E-state index in [4.69, 9.17) is 10.5 Å². The molecule has 0 saturated carbocycles. The number of nitrogens with two attached hydrogens (primary N) is 1. The van der Waals surface area contributed by atoms with Crippen LogP contribution in [0.25, 0.3) is 0 Å². The standard InChI is InChI=1S/C15H33N3O/c1-5-17-10-7-8-15(13-16,9-11-17)18(6-2)14(3)12-19-4/h14H,5-13,16H2,1-4H3. The smallest absolute Gasteiger partial charge is 0.0615 e. The van der Waals surface area contributed by atoms with Gasteiger partial charge in [-0.15, -0.1) is 0 Å². The van der Waals surface area contributed by atoms with E-state index in [0.29, 0.717) is 6.04 Å². The van der Waals surface area contributed by atoms with E-state index < -0.39 is 0 Å². The summed E-state index contributed by atoms with van der Waals surface area (Å²) in [7, 11) is 1.78. The number of ether oxygens (including phenoxy) is 1. The van der Waals surface area contributed by atoms with Crippen molar-refractivity contribution < 1.29 is 4.74 Å². The highest BCUT2D eigenvalue weighted by Crippen LogP contribution is 2.30. The van der Waals surface area contributed by atoms with Gasteiger partial charge in [0.25, 0.3) is 0 Å². The highest BCUT2D eigenvalue weighted by molar-refractivity contribution is 4.96. The Morgan fingerprint density at radius 3 is 2.58 bits per heavy atom. The molecule has 19 heavy (non-hydrogen) atoms. The molecule has 0 amide bonds. The van der Waals surface area contributed by atoms with Crippen LogP contribution in [0, 0.1) is 0 Å². The zero-order chi connectivity index (χ0) is 14.3. The Morgan fingerprint density at radius 2 is 2.05 bits per heavy atom. The van der Waals surface area contributed by atoms with E-state index in [9.17, 15) is 0 Å². The van der Waals surface area contributed by atoms with E-state index in [1.54, 1.807) is 7.11 Å². The van der Waals surface area contributed by atoms with Crippen LogP contribution in [-0.2, 0) is 4.74 Å². The normalized spacial score (nSPS) is 27.5. The molecule has 2 N–H and O–H groups in total. The fraction of sp³-hybridized carbons (Fsp3) is 1.00. The van der Waals surface area contributed by atoms with Crippen molar-refractivity contribution in [1.29, 1.82) is 0 Å². The van der Waals surface area contributed by atoms with Crippen LogP contribution >= 0.6 is 0 Å². The molecule has 1 rings (SSSR count). The average molecular weight is 271 g/mol. The van der Waals surface area contributed by atoms with E-state index in [0.717, 1.165) is 26.2 Å². The van der Waals surface area contributed by atoms with Crippen molar-refractivity contribution in [1.82, 2.24) is 9.80 Å². The predicted molar refractivity (Wildman–Crippen MR) is 81.5 cm³/mol. The molecule has 0 spiro atoms. The third-order valence-electron chi connectivity index (χ3n) is 4.73. The molecular weight excluding hydrogens is 238 g/mol. The van der Waals surface area contributed by atoms with Crippen LogP contribution in [0.1, 0.15) is 40.0 Å². The fourth-order valence-electron chi connectivity index (χ4n) is 3.61. The molecule has 0 aliphatic carbocycles. The number of likely N-dealkylation sites (N-methyl/N-ethyl adjacent to an activating group) is 1. The molecule has 114 valence electrons. The number of hydrogen-bond donors (Lipinski definition) is 1. The molecule has 1 heterocycles. The van der Waals surface area contributed by atoms with Crippen molar-refractivity contribution >= 4 is 0 Å². The molecule has 1 aliphatic rings. The van der Waals surface area contributed by atoms with Gasteiger partial charge in [-0.05, 0) is 52.4 Å². The molecule has 4 heteroatoms. The second-order valence-electron chi connectivity index (χ2n) is 5.81. The molecule has 0 aromatic rings. The predicted octanol–water partition coefficient (Wildman–Crippen LogP) is 1.55. The second kappa shape index (κ2) is 8.20. The van der Waals surface area contributed by atoms with Gasteiger partial charge in [-0.1, -0.05) is 13.8 Å². The monoisotopic (exact) mass is 271 g/mol. The fourth-order valence-corrected chi connectivity index (χ4v) is 3.61. The van der Waals surface area contributed by atoms with Gasteiger partial charge in [0.2, 0.25) is 0 Å². The zero-order valence-corrected chi connectivity index (χ0v) is 13.3. The lowest BCUT2D eigenvalue weighted by Gasteiger charge is -2.46. The SMILES string of the molecule is CCN1CCCC(CN)(N(CC)C(C)COC)CC1. The van der Waals surface area contributed by atoms with Crippen LogP contribution in [0.15, 0.2) is 0 Å². The van der Waals surface area contributed by atoms with Crippen molar-refractivity contribution in [3.05, 3.63) is 0 Å². The highest BCUT2D eigenvalue weighted by Gasteiger charge is 2.38. The third-order valence-corrected chi connectivity index (χ3v) is 4.73. The molecule has 0 radical (unpaired) electrons. The molecular formula is C15H33N3O. The average Bonchev–Trinajstić information content (AvgIpc) is 2.63.